The van der Waals surface area contributed by atoms with Gasteiger partial charge in [0.1, 0.15) is 18.0 Å². The molecule has 0 aliphatic rings. The van der Waals surface area contributed by atoms with Gasteiger partial charge in [0.15, 0.2) is 0 Å². The summed E-state index contributed by atoms with van der Waals surface area (Å²) < 4.78 is 16.2. The van der Waals surface area contributed by atoms with Crippen LogP contribution in [-0.2, 0) is 13.6 Å². The zero-order valence-corrected chi connectivity index (χ0v) is 17.2. The van der Waals surface area contributed by atoms with Crippen LogP contribution in [0.5, 0.6) is 0 Å². The zero-order chi connectivity index (χ0) is 19.5. The Hall–Kier alpha value is -2.41. The molecule has 0 saturated carbocycles. The number of nitrogens with one attached hydrogen (secondary N) is 1. The van der Waals surface area contributed by atoms with Crippen LogP contribution in [0.25, 0.3) is 11.0 Å². The minimum Gasteiger partial charge on any atom is -0.366 e. The Morgan fingerprint density at radius 2 is 2.08 bits per heavy atom. The molecule has 0 bridgehead atoms. The van der Waals surface area contributed by atoms with Gasteiger partial charge in [-0.2, -0.15) is 0 Å². The van der Waals surface area contributed by atoms with Crippen LogP contribution in [0.15, 0.2) is 60.4 Å². The molecule has 3 aromatic rings. The highest BCUT2D eigenvalue weighted by atomic mass is 79.9. The Bertz CT molecular complexity index is 851. The maximum absolute atomic E-state index is 10.9. The number of nitrogens with zero attached hydrogens (tertiary/aromatic N) is 4. The number of benzene rings is 1. The number of rotatable bonds is 4. The van der Waals surface area contributed by atoms with Crippen LogP contribution in [0.3, 0.4) is 0 Å². The van der Waals surface area contributed by atoms with Crippen molar-refractivity contribution in [3.63, 3.8) is 0 Å². The molecule has 0 aliphatic carbocycles. The predicted molar refractivity (Wildman–Crippen MR) is 109 cm³/mol. The highest BCUT2D eigenvalue weighted by Crippen LogP contribution is 2.20. The summed E-state index contributed by atoms with van der Waals surface area (Å²) in [5.41, 5.74) is 2.16. The highest BCUT2D eigenvalue weighted by molar-refractivity contribution is 9.10. The van der Waals surface area contributed by atoms with Gasteiger partial charge in [-0.1, -0.05) is 36.4 Å². The molecule has 2 heterocycles. The molecule has 0 fully saturated rings. The van der Waals surface area contributed by atoms with Crippen LogP contribution in [0.4, 0.5) is 4.39 Å². The molecule has 0 unspecified atom stereocenters. The van der Waals surface area contributed by atoms with E-state index in [4.69, 9.17) is 0 Å². The van der Waals surface area contributed by atoms with Crippen LogP contribution < -0.4 is 5.32 Å². The molecule has 0 atom stereocenters. The summed E-state index contributed by atoms with van der Waals surface area (Å²) in [5, 5.41) is 2.41. The Labute approximate surface area is 162 Å². The van der Waals surface area contributed by atoms with Crippen LogP contribution >= 0.6 is 15.9 Å². The van der Waals surface area contributed by atoms with Crippen molar-refractivity contribution in [1.29, 1.82) is 0 Å². The van der Waals surface area contributed by atoms with Crippen molar-refractivity contribution in [2.45, 2.75) is 27.3 Å². The molecular formula is C19H25BrFN5. The predicted octanol–water partition coefficient (Wildman–Crippen LogP) is 5.08. The number of fused-ring (bicyclic) bond motifs is 1. The van der Waals surface area contributed by atoms with Gasteiger partial charge in [-0.25, -0.2) is 14.4 Å². The van der Waals surface area contributed by atoms with Gasteiger partial charge in [-0.3, -0.25) is 0 Å². The largest absolute Gasteiger partial charge is 0.366 e. The van der Waals surface area contributed by atoms with Crippen molar-refractivity contribution in [2.75, 3.05) is 0 Å². The number of aryl methyl sites for hydroxylation is 2. The summed E-state index contributed by atoms with van der Waals surface area (Å²) in [6.45, 7) is 10.0. The van der Waals surface area contributed by atoms with Crippen molar-refractivity contribution in [1.82, 2.24) is 24.4 Å². The zero-order valence-electron chi connectivity index (χ0n) is 15.6. The van der Waals surface area contributed by atoms with Crippen LogP contribution in [0.1, 0.15) is 25.5 Å². The molecule has 0 saturated heterocycles. The van der Waals surface area contributed by atoms with Gasteiger partial charge >= 0.3 is 0 Å². The van der Waals surface area contributed by atoms with Gasteiger partial charge in [-0.05, 0) is 31.3 Å². The Balaban J connectivity index is 0.000000363. The molecule has 0 aliphatic heterocycles. The quantitative estimate of drug-likeness (QED) is 0.638. The average Bonchev–Trinajstić information content (AvgIpc) is 3.19. The fraction of sp³-hybridized carbons (Fsp3) is 0.263. The van der Waals surface area contributed by atoms with Gasteiger partial charge in [0.2, 0.25) is 0 Å². The number of hydrogen-bond donors (Lipinski definition) is 1. The molecule has 7 heteroatoms. The Morgan fingerprint density at radius 1 is 1.35 bits per heavy atom. The highest BCUT2D eigenvalue weighted by Gasteiger charge is 2.09. The second kappa shape index (κ2) is 11.3. The summed E-state index contributed by atoms with van der Waals surface area (Å²) in [5.74, 6) is 2.03. The second-order valence-corrected chi connectivity index (χ2v) is 5.90. The fourth-order valence-electron chi connectivity index (χ4n) is 2.19. The van der Waals surface area contributed by atoms with Gasteiger partial charge < -0.3 is 14.5 Å². The van der Waals surface area contributed by atoms with E-state index in [1.807, 2.05) is 52.3 Å². The van der Waals surface area contributed by atoms with Crippen molar-refractivity contribution in [2.24, 2.45) is 7.05 Å². The standard InChI is InChI=1S/C13H13BrN4.C4H6FN.C2H6/c1-9-15-5-6-18(9)8-13-16-11-7-10(14)3-4-12(11)17(13)2;1-2-6-4-3-5;1-2/h3-7H,8H2,1-2H3;2-4,6H,1H2;1-2H3/b;4-3+;. The second-order valence-electron chi connectivity index (χ2n) is 4.99. The summed E-state index contributed by atoms with van der Waals surface area (Å²) >= 11 is 3.47. The number of hydrogen-bond acceptors (Lipinski definition) is 3. The molecule has 1 aromatic carbocycles. The first kappa shape index (κ1) is 21.6. The molecule has 140 valence electrons. The van der Waals surface area contributed by atoms with Crippen molar-refractivity contribution in [3.05, 3.63) is 72.0 Å². The van der Waals surface area contributed by atoms with E-state index in [2.05, 4.69) is 53.0 Å². The van der Waals surface area contributed by atoms with E-state index in [-0.39, 0.29) is 0 Å². The van der Waals surface area contributed by atoms with Crippen LogP contribution in [0.2, 0.25) is 0 Å². The minimum absolute atomic E-state index is 0.404. The third-order valence-corrected chi connectivity index (χ3v) is 3.94. The molecule has 2 aromatic heterocycles. The molecule has 0 radical (unpaired) electrons. The minimum atomic E-state index is 0.404. The lowest BCUT2D eigenvalue weighted by Gasteiger charge is -2.05. The van der Waals surface area contributed by atoms with E-state index in [1.165, 1.54) is 6.20 Å². The third-order valence-electron chi connectivity index (χ3n) is 3.45. The smallest absolute Gasteiger partial charge is 0.129 e. The number of imidazole rings is 2. The molecule has 26 heavy (non-hydrogen) atoms. The lowest BCUT2D eigenvalue weighted by molar-refractivity contribution is 0.688. The molecule has 1 N–H and O–H groups in total. The summed E-state index contributed by atoms with van der Waals surface area (Å²) in [6, 6.07) is 6.16. The number of aromatic nitrogens is 4. The van der Waals surface area contributed by atoms with E-state index in [0.29, 0.717) is 6.33 Å². The van der Waals surface area contributed by atoms with Crippen LogP contribution in [-0.4, -0.2) is 19.1 Å². The maximum Gasteiger partial charge on any atom is 0.129 e. The van der Waals surface area contributed by atoms with Crippen molar-refractivity contribution >= 4 is 27.0 Å². The maximum atomic E-state index is 10.9. The van der Waals surface area contributed by atoms with E-state index >= 15 is 0 Å². The first-order valence-corrected chi connectivity index (χ1v) is 9.07. The van der Waals surface area contributed by atoms with E-state index in [0.717, 1.165) is 39.9 Å². The summed E-state index contributed by atoms with van der Waals surface area (Å²) in [7, 11) is 2.05. The van der Waals surface area contributed by atoms with E-state index < -0.39 is 0 Å². The first-order valence-electron chi connectivity index (χ1n) is 8.27. The van der Waals surface area contributed by atoms with E-state index in [1.54, 1.807) is 0 Å². The normalized spacial score (nSPS) is 10.1. The van der Waals surface area contributed by atoms with Crippen molar-refractivity contribution < 1.29 is 4.39 Å². The SMILES string of the molecule is C=CN/C=C/F.CC.Cc1nccn1Cc1nc2cc(Br)ccc2n1C. The van der Waals surface area contributed by atoms with E-state index in [9.17, 15) is 4.39 Å². The Kier molecular flexibility index (Phi) is 9.36. The Morgan fingerprint density at radius 3 is 2.62 bits per heavy atom. The first-order chi connectivity index (χ1) is 12.6. The fourth-order valence-corrected chi connectivity index (χ4v) is 2.54. The van der Waals surface area contributed by atoms with Gasteiger partial charge in [0.25, 0.3) is 0 Å². The van der Waals surface area contributed by atoms with Gasteiger partial charge in [0, 0.05) is 30.1 Å². The lowest BCUT2D eigenvalue weighted by atomic mass is 10.3. The van der Waals surface area contributed by atoms with Crippen LogP contribution in [0, 0.1) is 6.92 Å². The monoisotopic (exact) mass is 421 g/mol. The summed E-state index contributed by atoms with van der Waals surface area (Å²) in [6.07, 6.45) is 6.73. The molecule has 0 amide bonds. The summed E-state index contributed by atoms with van der Waals surface area (Å²) in [4.78, 5) is 8.90. The van der Waals surface area contributed by atoms with Gasteiger partial charge in [-0.15, -0.1) is 0 Å². The lowest BCUT2D eigenvalue weighted by Crippen LogP contribution is -2.06. The molecule has 3 rings (SSSR count). The third kappa shape index (κ3) is 5.84. The van der Waals surface area contributed by atoms with Crippen molar-refractivity contribution in [3.8, 4) is 0 Å². The topological polar surface area (TPSA) is 47.7 Å². The average molecular weight is 422 g/mol. The number of halogens is 2. The molecular weight excluding hydrogens is 397 g/mol. The molecule has 5 nitrogen and oxygen atoms in total. The van der Waals surface area contributed by atoms with Gasteiger partial charge in [0.05, 0.1) is 17.6 Å². The molecule has 0 spiro atoms.